The van der Waals surface area contributed by atoms with E-state index in [4.69, 9.17) is 4.74 Å². The Morgan fingerprint density at radius 1 is 0.881 bits per heavy atom. The van der Waals surface area contributed by atoms with Gasteiger partial charge < -0.3 is 30.7 Å². The summed E-state index contributed by atoms with van der Waals surface area (Å²) in [5.41, 5.74) is 4.35. The normalized spacial score (nSPS) is 17.9. The number of aliphatic carboxylic acids is 1. The molecule has 1 aliphatic heterocycles. The van der Waals surface area contributed by atoms with Gasteiger partial charge in [0.2, 0.25) is 17.7 Å². The first-order chi connectivity index (χ1) is 20.0. The number of alkyl carbamates (subject to hydrolysis) is 1. The van der Waals surface area contributed by atoms with Gasteiger partial charge in [-0.1, -0.05) is 62.4 Å². The zero-order valence-electron chi connectivity index (χ0n) is 24.3. The van der Waals surface area contributed by atoms with Gasteiger partial charge in [0, 0.05) is 12.5 Å². The predicted octanol–water partition coefficient (Wildman–Crippen LogP) is 2.63. The number of hydrogen-bond acceptors (Lipinski definition) is 6. The van der Waals surface area contributed by atoms with E-state index in [9.17, 15) is 29.1 Å². The first kappa shape index (κ1) is 30.5. The van der Waals surface area contributed by atoms with Crippen molar-refractivity contribution in [1.29, 1.82) is 0 Å². The monoisotopic (exact) mass is 578 g/mol. The third kappa shape index (κ3) is 6.56. The Kier molecular flexibility index (Phi) is 9.49. The molecule has 4 N–H and O–H groups in total. The van der Waals surface area contributed by atoms with Gasteiger partial charge in [0.05, 0.1) is 0 Å². The standard InChI is InChI=1S/C31H38N4O7/c1-17(2)26(30(39)40)34-28(37)25-14-9-15-35(25)29(38)19(4)32-27(36)18(3)33-31(41)42-16-24-22-12-7-5-10-20(22)21-11-6-8-13-23(21)24/h5-8,10-13,17-19,24-26H,9,14-16H2,1-4H3,(H,32,36)(H,33,41)(H,34,37)(H,39,40). The summed E-state index contributed by atoms with van der Waals surface area (Å²) >= 11 is 0. The number of nitrogens with zero attached hydrogens (tertiary/aromatic N) is 1. The molecule has 11 nitrogen and oxygen atoms in total. The van der Waals surface area contributed by atoms with E-state index < -0.39 is 54.0 Å². The van der Waals surface area contributed by atoms with E-state index >= 15 is 0 Å². The molecule has 1 heterocycles. The number of likely N-dealkylation sites (tertiary alicyclic amines) is 1. The smallest absolute Gasteiger partial charge is 0.407 e. The molecule has 4 atom stereocenters. The van der Waals surface area contributed by atoms with Crippen molar-refractivity contribution in [3.05, 3.63) is 59.7 Å². The minimum Gasteiger partial charge on any atom is -0.480 e. The zero-order valence-corrected chi connectivity index (χ0v) is 24.3. The van der Waals surface area contributed by atoms with Crippen molar-refractivity contribution in [3.63, 3.8) is 0 Å². The Morgan fingerprint density at radius 2 is 1.48 bits per heavy atom. The van der Waals surface area contributed by atoms with Crippen LogP contribution in [0.5, 0.6) is 0 Å². The predicted molar refractivity (Wildman–Crippen MR) is 154 cm³/mol. The molecule has 4 amide bonds. The lowest BCUT2D eigenvalue weighted by Crippen LogP contribution is -2.56. The van der Waals surface area contributed by atoms with E-state index in [1.54, 1.807) is 13.8 Å². The van der Waals surface area contributed by atoms with Gasteiger partial charge in [0.1, 0.15) is 30.8 Å². The van der Waals surface area contributed by atoms with Crippen LogP contribution in [-0.2, 0) is 23.9 Å². The van der Waals surface area contributed by atoms with Gasteiger partial charge in [-0.25, -0.2) is 9.59 Å². The Hall–Kier alpha value is -4.41. The van der Waals surface area contributed by atoms with Crippen molar-refractivity contribution in [2.45, 2.75) is 70.6 Å². The molecule has 4 unspecified atom stereocenters. The number of carbonyl (C=O) groups is 5. The third-order valence-corrected chi connectivity index (χ3v) is 7.87. The van der Waals surface area contributed by atoms with Crippen LogP contribution in [0.15, 0.2) is 48.5 Å². The number of rotatable bonds is 10. The first-order valence-electron chi connectivity index (χ1n) is 14.2. The van der Waals surface area contributed by atoms with Crippen molar-refractivity contribution in [1.82, 2.24) is 20.9 Å². The molecule has 1 saturated heterocycles. The molecular weight excluding hydrogens is 540 g/mol. The second-order valence-corrected chi connectivity index (χ2v) is 11.2. The van der Waals surface area contributed by atoms with Crippen LogP contribution in [0.3, 0.4) is 0 Å². The van der Waals surface area contributed by atoms with E-state index in [2.05, 4.69) is 16.0 Å². The molecule has 0 bridgehead atoms. The molecule has 0 saturated carbocycles. The molecule has 0 radical (unpaired) electrons. The number of benzene rings is 2. The lowest BCUT2D eigenvalue weighted by Gasteiger charge is -2.29. The molecule has 224 valence electrons. The Balaban J connectivity index is 1.28. The molecule has 11 heteroatoms. The van der Waals surface area contributed by atoms with Crippen LogP contribution in [0.2, 0.25) is 0 Å². The minimum absolute atomic E-state index is 0.0983. The summed E-state index contributed by atoms with van der Waals surface area (Å²) < 4.78 is 5.51. The molecule has 1 aliphatic carbocycles. The van der Waals surface area contributed by atoms with E-state index in [1.165, 1.54) is 18.7 Å². The van der Waals surface area contributed by atoms with Gasteiger partial charge in [-0.15, -0.1) is 0 Å². The molecule has 0 aromatic heterocycles. The van der Waals surface area contributed by atoms with Crippen LogP contribution < -0.4 is 16.0 Å². The summed E-state index contributed by atoms with van der Waals surface area (Å²) in [6.45, 7) is 6.77. The van der Waals surface area contributed by atoms with Crippen LogP contribution in [0, 0.1) is 5.92 Å². The lowest BCUT2D eigenvalue weighted by atomic mass is 9.98. The number of hydrogen-bond donors (Lipinski definition) is 4. The van der Waals surface area contributed by atoms with Crippen molar-refractivity contribution < 1.29 is 33.8 Å². The number of carboxylic acid groups (broad SMARTS) is 1. The molecule has 1 fully saturated rings. The van der Waals surface area contributed by atoms with Gasteiger partial charge in [0.15, 0.2) is 0 Å². The second kappa shape index (κ2) is 13.1. The number of nitrogens with one attached hydrogen (secondary N) is 3. The summed E-state index contributed by atoms with van der Waals surface area (Å²) in [5.74, 6) is -3.19. The van der Waals surface area contributed by atoms with Crippen molar-refractivity contribution in [2.24, 2.45) is 5.92 Å². The van der Waals surface area contributed by atoms with Crippen molar-refractivity contribution in [2.75, 3.05) is 13.2 Å². The summed E-state index contributed by atoms with van der Waals surface area (Å²) in [6, 6.07) is 12.1. The van der Waals surface area contributed by atoms with Gasteiger partial charge >= 0.3 is 12.1 Å². The van der Waals surface area contributed by atoms with E-state index in [-0.39, 0.29) is 18.4 Å². The van der Waals surface area contributed by atoms with Gasteiger partial charge in [-0.05, 0) is 54.9 Å². The average Bonchev–Trinajstić information content (AvgIpc) is 3.57. The molecule has 4 rings (SSSR count). The highest BCUT2D eigenvalue weighted by Gasteiger charge is 2.38. The maximum atomic E-state index is 13.1. The Labute approximate surface area is 245 Å². The van der Waals surface area contributed by atoms with Crippen LogP contribution >= 0.6 is 0 Å². The average molecular weight is 579 g/mol. The Morgan fingerprint density at radius 3 is 2.05 bits per heavy atom. The maximum Gasteiger partial charge on any atom is 0.407 e. The highest BCUT2D eigenvalue weighted by atomic mass is 16.5. The zero-order chi connectivity index (χ0) is 30.6. The van der Waals surface area contributed by atoms with Crippen molar-refractivity contribution >= 4 is 29.8 Å². The fourth-order valence-electron chi connectivity index (χ4n) is 5.60. The lowest BCUT2D eigenvalue weighted by molar-refractivity contribution is -0.145. The van der Waals surface area contributed by atoms with Crippen LogP contribution in [0.1, 0.15) is 57.6 Å². The number of carboxylic acids is 1. The topological polar surface area (TPSA) is 154 Å². The summed E-state index contributed by atoms with van der Waals surface area (Å²) in [7, 11) is 0. The van der Waals surface area contributed by atoms with Crippen LogP contribution in [0.4, 0.5) is 4.79 Å². The number of ether oxygens (including phenoxy) is 1. The van der Waals surface area contributed by atoms with Gasteiger partial charge in [-0.2, -0.15) is 0 Å². The van der Waals surface area contributed by atoms with Gasteiger partial charge in [-0.3, -0.25) is 14.4 Å². The second-order valence-electron chi connectivity index (χ2n) is 11.2. The molecule has 2 aliphatic rings. The molecule has 2 aromatic carbocycles. The fourth-order valence-corrected chi connectivity index (χ4v) is 5.60. The highest BCUT2D eigenvalue weighted by Crippen LogP contribution is 2.44. The minimum atomic E-state index is -1.15. The number of fused-ring (bicyclic) bond motifs is 3. The largest absolute Gasteiger partial charge is 0.480 e. The summed E-state index contributed by atoms with van der Waals surface area (Å²) in [5, 5.41) is 17.0. The number of amides is 4. The SMILES string of the molecule is CC(NC(=O)OCC1c2ccccc2-c2ccccc21)C(=O)NC(C)C(=O)N1CCCC1C(=O)NC(C(=O)O)C(C)C. The van der Waals surface area contributed by atoms with Gasteiger partial charge in [0.25, 0.3) is 0 Å². The van der Waals surface area contributed by atoms with E-state index in [1.807, 2.05) is 48.5 Å². The maximum absolute atomic E-state index is 13.1. The van der Waals surface area contributed by atoms with Crippen molar-refractivity contribution in [3.8, 4) is 11.1 Å². The summed E-state index contributed by atoms with van der Waals surface area (Å²) in [6.07, 6.45) is 0.208. The van der Waals surface area contributed by atoms with E-state index in [0.717, 1.165) is 22.3 Å². The molecular formula is C31H38N4O7. The Bertz CT molecular complexity index is 1310. The first-order valence-corrected chi connectivity index (χ1v) is 14.2. The third-order valence-electron chi connectivity index (χ3n) is 7.87. The van der Waals surface area contributed by atoms with Crippen LogP contribution in [-0.4, -0.2) is 77.1 Å². The molecule has 2 aromatic rings. The summed E-state index contributed by atoms with van der Waals surface area (Å²) in [4.78, 5) is 64.2. The molecule has 0 spiro atoms. The van der Waals surface area contributed by atoms with Crippen LogP contribution in [0.25, 0.3) is 11.1 Å². The fraction of sp³-hybridized carbons (Fsp3) is 0.452. The number of carbonyl (C=O) groups excluding carboxylic acids is 4. The highest BCUT2D eigenvalue weighted by molar-refractivity contribution is 5.94. The van der Waals surface area contributed by atoms with E-state index in [0.29, 0.717) is 19.4 Å². The molecule has 42 heavy (non-hydrogen) atoms. The quantitative estimate of drug-likeness (QED) is 0.338.